The third-order valence-electron chi connectivity index (χ3n) is 3.85. The van der Waals surface area contributed by atoms with Crippen LogP contribution >= 0.6 is 22.6 Å². The van der Waals surface area contributed by atoms with Crippen LogP contribution in [-0.4, -0.2) is 40.8 Å². The van der Waals surface area contributed by atoms with Crippen molar-refractivity contribution in [3.63, 3.8) is 0 Å². The molecule has 1 heterocycles. The molecule has 0 bridgehead atoms. The number of carbonyl (C=O) groups excluding carboxylic acids is 1. The molecule has 0 saturated carbocycles. The van der Waals surface area contributed by atoms with E-state index >= 15 is 0 Å². The van der Waals surface area contributed by atoms with Crippen molar-refractivity contribution in [2.45, 2.75) is 44.9 Å². The first-order chi connectivity index (χ1) is 11.1. The van der Waals surface area contributed by atoms with Crippen molar-refractivity contribution in [1.29, 1.82) is 0 Å². The second kappa shape index (κ2) is 9.42. The van der Waals surface area contributed by atoms with Gasteiger partial charge in [-0.2, -0.15) is 0 Å². The topological polar surface area (TPSA) is 38.8 Å². The summed E-state index contributed by atoms with van der Waals surface area (Å²) in [4.78, 5) is 13.9. The maximum absolute atomic E-state index is 13.0. The van der Waals surface area contributed by atoms with Gasteiger partial charge in [0, 0.05) is 11.0 Å². The quantitative estimate of drug-likeness (QED) is 0.498. The van der Waals surface area contributed by atoms with Gasteiger partial charge in [-0.3, -0.25) is 0 Å². The maximum Gasteiger partial charge on any atom is 0.410 e. The third kappa shape index (κ3) is 5.91. The molecule has 1 aromatic rings. The van der Waals surface area contributed by atoms with Gasteiger partial charge < -0.3 is 14.4 Å². The number of benzene rings is 1. The Balaban J connectivity index is 2.01. The van der Waals surface area contributed by atoms with Crippen LogP contribution < -0.4 is 0 Å². The Hall–Kier alpha value is -0.890. The zero-order valence-electron chi connectivity index (χ0n) is 13.3. The molecule has 1 aliphatic heterocycles. The summed E-state index contributed by atoms with van der Waals surface area (Å²) in [5.74, 6) is -0.281. The van der Waals surface area contributed by atoms with E-state index in [1.165, 1.54) is 12.1 Å². The van der Waals surface area contributed by atoms with E-state index in [2.05, 4.69) is 22.6 Å². The first kappa shape index (κ1) is 18.4. The second-order valence-corrected chi connectivity index (χ2v) is 6.55. The molecule has 0 aliphatic carbocycles. The molecule has 2 unspecified atom stereocenters. The summed E-state index contributed by atoms with van der Waals surface area (Å²) < 4.78 is 25.2. The largest absolute Gasteiger partial charge is 0.450 e. The highest BCUT2D eigenvalue weighted by Gasteiger charge is 2.26. The van der Waals surface area contributed by atoms with E-state index in [4.69, 9.17) is 9.47 Å². The number of hydrogen-bond donors (Lipinski definition) is 0. The first-order valence-corrected chi connectivity index (χ1v) is 9.52. The van der Waals surface area contributed by atoms with Crippen LogP contribution in [0.3, 0.4) is 0 Å². The predicted octanol–water partition coefficient (Wildman–Crippen LogP) is 4.16. The summed E-state index contributed by atoms with van der Waals surface area (Å²) in [6.07, 6.45) is 3.10. The van der Waals surface area contributed by atoms with Gasteiger partial charge >= 0.3 is 6.09 Å². The number of alkyl halides is 1. The van der Waals surface area contributed by atoms with E-state index in [0.29, 0.717) is 19.7 Å². The summed E-state index contributed by atoms with van der Waals surface area (Å²) in [6, 6.07) is 6.19. The van der Waals surface area contributed by atoms with Crippen LogP contribution in [0.5, 0.6) is 0 Å². The zero-order valence-corrected chi connectivity index (χ0v) is 15.5. The molecular formula is C17H23FINO3. The van der Waals surface area contributed by atoms with Crippen LogP contribution in [0.4, 0.5) is 9.18 Å². The minimum atomic E-state index is -0.350. The summed E-state index contributed by atoms with van der Waals surface area (Å²) in [5, 5.41) is 0. The van der Waals surface area contributed by atoms with E-state index in [0.717, 1.165) is 29.3 Å². The van der Waals surface area contributed by atoms with E-state index in [-0.39, 0.29) is 24.1 Å². The highest BCUT2D eigenvalue weighted by Crippen LogP contribution is 2.22. The molecule has 0 spiro atoms. The van der Waals surface area contributed by atoms with Crippen molar-refractivity contribution in [1.82, 2.24) is 4.90 Å². The van der Waals surface area contributed by atoms with Crippen molar-refractivity contribution < 1.29 is 18.7 Å². The number of carbonyl (C=O) groups is 1. The first-order valence-electron chi connectivity index (χ1n) is 8.00. The number of halogens is 2. The van der Waals surface area contributed by atoms with Crippen LogP contribution in [0.15, 0.2) is 24.3 Å². The Bertz CT molecular complexity index is 497. The standard InChI is InChI=1S/C17H23FINO3/c1-2-22-17(21)20(11-13-6-8-14(18)9-7-13)12-16-5-3-4-15(10-19)23-16/h6-9,15-16H,2-5,10-12H2,1H3. The Kier molecular flexibility index (Phi) is 7.55. The molecule has 1 aromatic carbocycles. The fourth-order valence-electron chi connectivity index (χ4n) is 2.70. The van der Waals surface area contributed by atoms with E-state index < -0.39 is 0 Å². The minimum Gasteiger partial charge on any atom is -0.450 e. The zero-order chi connectivity index (χ0) is 16.7. The number of nitrogens with zero attached hydrogens (tertiary/aromatic N) is 1. The van der Waals surface area contributed by atoms with Gasteiger partial charge in [0.15, 0.2) is 0 Å². The fraction of sp³-hybridized carbons (Fsp3) is 0.588. The van der Waals surface area contributed by atoms with Crippen molar-refractivity contribution in [2.75, 3.05) is 17.6 Å². The molecule has 23 heavy (non-hydrogen) atoms. The number of amides is 1. The van der Waals surface area contributed by atoms with Crippen LogP contribution in [0, 0.1) is 5.82 Å². The van der Waals surface area contributed by atoms with Gasteiger partial charge in [-0.15, -0.1) is 0 Å². The molecule has 2 atom stereocenters. The van der Waals surface area contributed by atoms with Crippen LogP contribution in [-0.2, 0) is 16.0 Å². The molecule has 2 rings (SSSR count). The summed E-state index contributed by atoms with van der Waals surface area (Å²) in [6.45, 7) is 3.02. The van der Waals surface area contributed by atoms with Crippen LogP contribution in [0.2, 0.25) is 0 Å². The maximum atomic E-state index is 13.0. The molecule has 0 aromatic heterocycles. The molecule has 1 amide bonds. The van der Waals surface area contributed by atoms with Gasteiger partial charge in [-0.05, 0) is 43.9 Å². The highest BCUT2D eigenvalue weighted by atomic mass is 127. The molecule has 0 N–H and O–H groups in total. The van der Waals surface area contributed by atoms with Crippen LogP contribution in [0.1, 0.15) is 31.7 Å². The Labute approximate surface area is 150 Å². The lowest BCUT2D eigenvalue weighted by atomic mass is 10.0. The lowest BCUT2D eigenvalue weighted by Crippen LogP contribution is -2.41. The fourth-order valence-corrected chi connectivity index (χ4v) is 3.35. The molecule has 1 saturated heterocycles. The normalized spacial score (nSPS) is 21.0. The van der Waals surface area contributed by atoms with Gasteiger partial charge in [-0.25, -0.2) is 9.18 Å². The molecular weight excluding hydrogens is 412 g/mol. The molecule has 0 radical (unpaired) electrons. The van der Waals surface area contributed by atoms with Crippen molar-refractivity contribution in [3.8, 4) is 0 Å². The molecule has 6 heteroatoms. The van der Waals surface area contributed by atoms with Gasteiger partial charge in [0.25, 0.3) is 0 Å². The van der Waals surface area contributed by atoms with Gasteiger partial charge in [0.05, 0.1) is 25.4 Å². The van der Waals surface area contributed by atoms with Gasteiger partial charge in [0.1, 0.15) is 5.82 Å². The van der Waals surface area contributed by atoms with E-state index in [1.807, 2.05) is 0 Å². The third-order valence-corrected chi connectivity index (χ3v) is 4.83. The summed E-state index contributed by atoms with van der Waals surface area (Å²) in [5.41, 5.74) is 0.876. The van der Waals surface area contributed by atoms with E-state index in [1.54, 1.807) is 24.0 Å². The lowest BCUT2D eigenvalue weighted by molar-refractivity contribution is -0.0502. The number of hydrogen-bond acceptors (Lipinski definition) is 3. The lowest BCUT2D eigenvalue weighted by Gasteiger charge is -2.33. The molecule has 1 fully saturated rings. The summed E-state index contributed by atoms with van der Waals surface area (Å²) in [7, 11) is 0. The average molecular weight is 435 g/mol. The highest BCUT2D eigenvalue weighted by molar-refractivity contribution is 14.1. The minimum absolute atomic E-state index is 0.0355. The predicted molar refractivity (Wildman–Crippen MR) is 95.2 cm³/mol. The molecule has 128 valence electrons. The smallest absolute Gasteiger partial charge is 0.410 e. The number of rotatable bonds is 6. The van der Waals surface area contributed by atoms with Gasteiger partial charge in [0.2, 0.25) is 0 Å². The Morgan fingerprint density at radius 3 is 2.70 bits per heavy atom. The second-order valence-electron chi connectivity index (χ2n) is 5.67. The molecule has 4 nitrogen and oxygen atoms in total. The monoisotopic (exact) mass is 435 g/mol. The summed E-state index contributed by atoms with van der Waals surface area (Å²) >= 11 is 2.33. The number of ether oxygens (including phenoxy) is 2. The van der Waals surface area contributed by atoms with Crippen molar-refractivity contribution >= 4 is 28.7 Å². The van der Waals surface area contributed by atoms with Gasteiger partial charge in [-0.1, -0.05) is 34.7 Å². The average Bonchev–Trinajstić information content (AvgIpc) is 2.56. The molecule has 1 aliphatic rings. The van der Waals surface area contributed by atoms with Crippen molar-refractivity contribution in [2.24, 2.45) is 0 Å². The van der Waals surface area contributed by atoms with E-state index in [9.17, 15) is 9.18 Å². The van der Waals surface area contributed by atoms with Crippen LogP contribution in [0.25, 0.3) is 0 Å². The Morgan fingerprint density at radius 2 is 2.04 bits per heavy atom. The SMILES string of the molecule is CCOC(=O)N(Cc1ccc(F)cc1)CC1CCCC(CI)O1. The Morgan fingerprint density at radius 1 is 1.35 bits per heavy atom. The van der Waals surface area contributed by atoms with Crippen molar-refractivity contribution in [3.05, 3.63) is 35.6 Å².